The first kappa shape index (κ1) is 20.0. The first-order valence-corrected chi connectivity index (χ1v) is 8.27. The Kier molecular flexibility index (Phi) is 6.93. The van der Waals surface area contributed by atoms with Gasteiger partial charge in [-0.15, -0.1) is 0 Å². The van der Waals surface area contributed by atoms with E-state index in [0.717, 1.165) is 0 Å². The number of carbonyl (C=O) groups excluding carboxylic acids is 2. The van der Waals surface area contributed by atoms with Gasteiger partial charge in [-0.05, 0) is 55.8 Å². The molecular formula is C20H21FN2O4. The SMILES string of the molecule is COc1cc(C(=O)NNC(=O)/C=C/c2cccc(F)c2)ccc1OC(C)C. The van der Waals surface area contributed by atoms with E-state index in [1.165, 1.54) is 43.5 Å². The third-order valence-electron chi connectivity index (χ3n) is 3.36. The molecule has 0 unspecified atom stereocenters. The number of nitrogens with one attached hydrogen (secondary N) is 2. The molecule has 2 aromatic rings. The molecular weight excluding hydrogens is 351 g/mol. The van der Waals surface area contributed by atoms with E-state index >= 15 is 0 Å². The lowest BCUT2D eigenvalue weighted by Gasteiger charge is -2.14. The summed E-state index contributed by atoms with van der Waals surface area (Å²) in [7, 11) is 1.48. The number of hydrazine groups is 1. The molecule has 2 rings (SSSR count). The molecule has 0 fully saturated rings. The van der Waals surface area contributed by atoms with Crippen molar-refractivity contribution in [2.24, 2.45) is 0 Å². The maximum Gasteiger partial charge on any atom is 0.269 e. The maximum absolute atomic E-state index is 13.1. The topological polar surface area (TPSA) is 76.7 Å². The number of methoxy groups -OCH3 is 1. The number of carbonyl (C=O) groups is 2. The Bertz CT molecular complexity index is 850. The minimum absolute atomic E-state index is 0.0391. The first-order chi connectivity index (χ1) is 12.9. The predicted molar refractivity (Wildman–Crippen MR) is 99.8 cm³/mol. The summed E-state index contributed by atoms with van der Waals surface area (Å²) in [6, 6.07) is 10.5. The lowest BCUT2D eigenvalue weighted by molar-refractivity contribution is -0.117. The van der Waals surface area contributed by atoms with Crippen LogP contribution in [0.2, 0.25) is 0 Å². The molecule has 0 heterocycles. The summed E-state index contributed by atoms with van der Waals surface area (Å²) in [5.74, 6) is -0.541. The van der Waals surface area contributed by atoms with Gasteiger partial charge in [0, 0.05) is 11.6 Å². The molecule has 0 aliphatic heterocycles. The van der Waals surface area contributed by atoms with Crippen LogP contribution in [-0.4, -0.2) is 25.0 Å². The van der Waals surface area contributed by atoms with E-state index in [9.17, 15) is 14.0 Å². The second-order valence-corrected chi connectivity index (χ2v) is 5.86. The molecule has 0 spiro atoms. The van der Waals surface area contributed by atoms with Crippen LogP contribution in [0.4, 0.5) is 4.39 Å². The van der Waals surface area contributed by atoms with Crippen LogP contribution in [-0.2, 0) is 4.79 Å². The average Bonchev–Trinajstić information content (AvgIpc) is 2.64. The largest absolute Gasteiger partial charge is 0.493 e. The Morgan fingerprint density at radius 3 is 2.52 bits per heavy atom. The zero-order chi connectivity index (χ0) is 19.8. The third kappa shape index (κ3) is 6.14. The van der Waals surface area contributed by atoms with Crippen molar-refractivity contribution in [3.8, 4) is 11.5 Å². The van der Waals surface area contributed by atoms with Gasteiger partial charge in [0.05, 0.1) is 13.2 Å². The molecule has 6 nitrogen and oxygen atoms in total. The van der Waals surface area contributed by atoms with Crippen molar-refractivity contribution >= 4 is 17.9 Å². The highest BCUT2D eigenvalue weighted by molar-refractivity contribution is 5.98. The van der Waals surface area contributed by atoms with Gasteiger partial charge in [-0.1, -0.05) is 12.1 Å². The average molecular weight is 372 g/mol. The number of rotatable bonds is 6. The molecule has 2 aromatic carbocycles. The summed E-state index contributed by atoms with van der Waals surface area (Å²) in [6.45, 7) is 3.76. The van der Waals surface area contributed by atoms with Gasteiger partial charge >= 0.3 is 0 Å². The lowest BCUT2D eigenvalue weighted by atomic mass is 10.2. The van der Waals surface area contributed by atoms with Crippen molar-refractivity contribution in [2.75, 3.05) is 7.11 Å². The number of benzene rings is 2. The minimum Gasteiger partial charge on any atom is -0.493 e. The number of hydrogen-bond donors (Lipinski definition) is 2. The Hall–Kier alpha value is -3.35. The zero-order valence-corrected chi connectivity index (χ0v) is 15.3. The van der Waals surface area contributed by atoms with Crippen molar-refractivity contribution in [1.29, 1.82) is 0 Å². The monoisotopic (exact) mass is 372 g/mol. The van der Waals surface area contributed by atoms with Gasteiger partial charge in [-0.2, -0.15) is 0 Å². The van der Waals surface area contributed by atoms with Gasteiger partial charge in [0.15, 0.2) is 11.5 Å². The molecule has 0 aliphatic rings. The normalized spacial score (nSPS) is 10.7. The highest BCUT2D eigenvalue weighted by Gasteiger charge is 2.12. The van der Waals surface area contributed by atoms with Crippen LogP contribution in [0.1, 0.15) is 29.8 Å². The highest BCUT2D eigenvalue weighted by Crippen LogP contribution is 2.28. The van der Waals surface area contributed by atoms with Crippen LogP contribution in [0, 0.1) is 5.82 Å². The summed E-state index contributed by atoms with van der Waals surface area (Å²) in [5, 5.41) is 0. The Balaban J connectivity index is 1.95. The summed E-state index contributed by atoms with van der Waals surface area (Å²) in [5.41, 5.74) is 5.38. The van der Waals surface area contributed by atoms with Gasteiger partial charge in [-0.3, -0.25) is 20.4 Å². The number of amides is 2. The summed E-state index contributed by atoms with van der Waals surface area (Å²) in [6.07, 6.45) is 2.59. The van der Waals surface area contributed by atoms with E-state index in [4.69, 9.17) is 9.47 Å². The summed E-state index contributed by atoms with van der Waals surface area (Å²) < 4.78 is 23.9. The summed E-state index contributed by atoms with van der Waals surface area (Å²) in [4.78, 5) is 24.0. The smallest absolute Gasteiger partial charge is 0.269 e. The van der Waals surface area contributed by atoms with Gasteiger partial charge in [-0.25, -0.2) is 4.39 Å². The molecule has 7 heteroatoms. The number of ether oxygens (including phenoxy) is 2. The van der Waals surface area contributed by atoms with Crippen LogP contribution in [0.15, 0.2) is 48.5 Å². The van der Waals surface area contributed by atoms with E-state index in [1.807, 2.05) is 13.8 Å². The van der Waals surface area contributed by atoms with Gasteiger partial charge < -0.3 is 9.47 Å². The molecule has 0 atom stereocenters. The van der Waals surface area contributed by atoms with Crippen molar-refractivity contribution in [3.63, 3.8) is 0 Å². The van der Waals surface area contributed by atoms with Gasteiger partial charge in [0.1, 0.15) is 5.82 Å². The lowest BCUT2D eigenvalue weighted by Crippen LogP contribution is -2.40. The highest BCUT2D eigenvalue weighted by atomic mass is 19.1. The molecule has 0 saturated heterocycles. The first-order valence-electron chi connectivity index (χ1n) is 8.27. The molecule has 0 aliphatic carbocycles. The van der Waals surface area contributed by atoms with Crippen LogP contribution in [0.3, 0.4) is 0 Å². The standard InChI is InChI=1S/C20H21FN2O4/c1-13(2)27-17-9-8-15(12-18(17)26-3)20(25)23-22-19(24)10-7-14-5-4-6-16(21)11-14/h4-13H,1-3H3,(H,22,24)(H,23,25)/b10-7+. The molecule has 0 aromatic heterocycles. The Labute approximate surface area is 157 Å². The van der Waals surface area contributed by atoms with Gasteiger partial charge in [0.25, 0.3) is 11.8 Å². The van der Waals surface area contributed by atoms with E-state index in [2.05, 4.69) is 10.9 Å². The van der Waals surface area contributed by atoms with E-state index < -0.39 is 17.6 Å². The van der Waals surface area contributed by atoms with Crippen LogP contribution in [0.25, 0.3) is 6.08 Å². The predicted octanol–water partition coefficient (Wildman–Crippen LogP) is 3.10. The molecule has 142 valence electrons. The van der Waals surface area contributed by atoms with Crippen molar-refractivity contribution in [1.82, 2.24) is 10.9 Å². The molecule has 27 heavy (non-hydrogen) atoms. The van der Waals surface area contributed by atoms with Crippen molar-refractivity contribution in [2.45, 2.75) is 20.0 Å². The van der Waals surface area contributed by atoms with Crippen LogP contribution < -0.4 is 20.3 Å². The number of halogens is 1. The van der Waals surface area contributed by atoms with E-state index in [0.29, 0.717) is 17.1 Å². The molecule has 2 N–H and O–H groups in total. The van der Waals surface area contributed by atoms with Crippen molar-refractivity contribution in [3.05, 3.63) is 65.5 Å². The Morgan fingerprint density at radius 2 is 1.85 bits per heavy atom. The second-order valence-electron chi connectivity index (χ2n) is 5.86. The Morgan fingerprint density at radius 1 is 1.07 bits per heavy atom. The molecule has 0 saturated carbocycles. The zero-order valence-electron chi connectivity index (χ0n) is 15.3. The quantitative estimate of drug-likeness (QED) is 0.603. The molecule has 2 amide bonds. The van der Waals surface area contributed by atoms with Crippen LogP contribution >= 0.6 is 0 Å². The van der Waals surface area contributed by atoms with Crippen molar-refractivity contribution < 1.29 is 23.5 Å². The molecule has 0 bridgehead atoms. The fourth-order valence-electron chi connectivity index (χ4n) is 2.17. The number of hydrogen-bond acceptors (Lipinski definition) is 4. The van der Waals surface area contributed by atoms with E-state index in [1.54, 1.807) is 18.2 Å². The van der Waals surface area contributed by atoms with Crippen LogP contribution in [0.5, 0.6) is 11.5 Å². The third-order valence-corrected chi connectivity index (χ3v) is 3.36. The fourth-order valence-corrected chi connectivity index (χ4v) is 2.17. The van der Waals surface area contributed by atoms with E-state index in [-0.39, 0.29) is 11.7 Å². The fraction of sp³-hybridized carbons (Fsp3) is 0.200. The van der Waals surface area contributed by atoms with Gasteiger partial charge in [0.2, 0.25) is 0 Å². The minimum atomic E-state index is -0.556. The summed E-state index contributed by atoms with van der Waals surface area (Å²) >= 11 is 0. The second kappa shape index (κ2) is 9.38. The maximum atomic E-state index is 13.1. The molecule has 0 radical (unpaired) electrons.